The number of amides is 4. The number of aldehydes is 1. The maximum atomic E-state index is 11.7. The number of nitrogens with one attached hydrogen (secondary N) is 8. The molecule has 0 bridgehead atoms. The predicted molar refractivity (Wildman–Crippen MR) is 404 cm³/mol. The lowest BCUT2D eigenvalue weighted by atomic mass is 10.1. The Balaban J connectivity index is 0.000000445. The molecule has 6 heterocycles. The van der Waals surface area contributed by atoms with Crippen molar-refractivity contribution in [2.75, 3.05) is 101 Å². The van der Waals surface area contributed by atoms with E-state index in [0.717, 1.165) is 75.0 Å². The lowest BCUT2D eigenvalue weighted by molar-refractivity contribution is -0.110. The summed E-state index contributed by atoms with van der Waals surface area (Å²) in [6.07, 6.45) is 13.5. The van der Waals surface area contributed by atoms with Crippen LogP contribution in [0.1, 0.15) is 118 Å². The van der Waals surface area contributed by atoms with Crippen LogP contribution >= 0.6 is 27.7 Å². The van der Waals surface area contributed by atoms with E-state index < -0.39 is 40.7 Å². The van der Waals surface area contributed by atoms with Crippen LogP contribution in [0.15, 0.2) is 113 Å². The van der Waals surface area contributed by atoms with Gasteiger partial charge in [-0.15, -0.1) is 11.8 Å². The van der Waals surface area contributed by atoms with Crippen molar-refractivity contribution in [1.82, 2.24) is 56.2 Å². The first-order valence-corrected chi connectivity index (χ1v) is 35.2. The summed E-state index contributed by atoms with van der Waals surface area (Å²) >= 11 is 4.97. The number of hydrogen-bond acceptors (Lipinski definition) is 24. The molecule has 29 heteroatoms. The lowest BCUT2D eigenvalue weighted by Crippen LogP contribution is -2.36. The van der Waals surface area contributed by atoms with E-state index in [1.807, 2.05) is 169 Å². The van der Waals surface area contributed by atoms with E-state index >= 15 is 0 Å². The number of carbonyl (C=O) groups excluding carboxylic acids is 5. The minimum atomic E-state index is -0.492. The smallest absolute Gasteiger partial charge is 0.407 e. The molecule has 558 valence electrons. The van der Waals surface area contributed by atoms with Crippen molar-refractivity contribution in [2.24, 2.45) is 29.6 Å². The molecule has 6 rings (SSSR count). The van der Waals surface area contributed by atoms with Gasteiger partial charge in [-0.25, -0.2) is 54.1 Å². The predicted octanol–water partition coefficient (Wildman–Crippen LogP) is 13.5. The van der Waals surface area contributed by atoms with Crippen LogP contribution < -0.4 is 52.0 Å². The molecule has 6 aromatic rings. The topological polar surface area (TPSA) is 347 Å². The van der Waals surface area contributed by atoms with Crippen molar-refractivity contribution in [1.29, 1.82) is 0 Å². The molecule has 0 saturated carbocycles. The number of rotatable bonds is 27. The number of aliphatic hydroxyl groups excluding tert-OH is 1. The van der Waals surface area contributed by atoms with Crippen molar-refractivity contribution in [3.8, 4) is 34.0 Å². The molecule has 9 N–H and O–H groups in total. The number of aliphatic hydroxyl groups is 1. The van der Waals surface area contributed by atoms with Crippen LogP contribution in [0.4, 0.5) is 42.6 Å². The first-order valence-electron chi connectivity index (χ1n) is 33.2. The molecule has 4 amide bonds. The van der Waals surface area contributed by atoms with Gasteiger partial charge >= 0.3 is 24.4 Å². The van der Waals surface area contributed by atoms with E-state index in [2.05, 4.69) is 100 Å². The third-order valence-corrected chi connectivity index (χ3v) is 13.8. The van der Waals surface area contributed by atoms with Crippen molar-refractivity contribution >= 4 is 81.8 Å². The normalized spacial score (nSPS) is 12.5. The molecule has 0 fully saturated rings. The van der Waals surface area contributed by atoms with Gasteiger partial charge in [0.25, 0.3) is 0 Å². The molecule has 5 unspecified atom stereocenters. The number of nitrogens with zero attached hydrogens (tertiary/aromatic N) is 7. The minimum Gasteiger partial charge on any atom is -0.481 e. The molecule has 0 spiro atoms. The maximum absolute atomic E-state index is 11.7. The van der Waals surface area contributed by atoms with Crippen molar-refractivity contribution < 1.29 is 57.5 Å². The SMILES string of the molecule is CC(C=O)CNC(=O)OC(C)(C)C.CC(CNC(=O)OC(C)(C)C)CNc1ccc(Br)cn1.CC(CO)CNC(=O)OC(C)(C)C.COc1ncccc1-c1ccc(NCC(C)CNC(=O)OC(C)(C)C)nc1.COc1ncccc1-c1ccc(NCC(C)CNc2ncc(SC)cn2)nc1. The van der Waals surface area contributed by atoms with Crippen LogP contribution in [-0.2, 0) is 23.7 Å². The van der Waals surface area contributed by atoms with Gasteiger partial charge in [-0.05, 0) is 190 Å². The Bertz CT molecular complexity index is 3340. The summed E-state index contributed by atoms with van der Waals surface area (Å²) in [5.41, 5.74) is 1.81. The van der Waals surface area contributed by atoms with E-state index in [9.17, 15) is 24.0 Å². The number of pyridine rings is 5. The molecule has 0 aromatic carbocycles. The molecular formula is C72H110BrN15O12S. The molecule has 0 aliphatic rings. The van der Waals surface area contributed by atoms with Crippen LogP contribution in [0.3, 0.4) is 0 Å². The quantitative estimate of drug-likeness (QED) is 0.0131. The Hall–Kier alpha value is -8.83. The fourth-order valence-corrected chi connectivity index (χ4v) is 8.11. The van der Waals surface area contributed by atoms with Crippen LogP contribution in [0.25, 0.3) is 22.3 Å². The maximum Gasteiger partial charge on any atom is 0.407 e. The zero-order chi connectivity index (χ0) is 75.8. The van der Waals surface area contributed by atoms with Gasteiger partial charge in [-0.3, -0.25) is 0 Å². The molecule has 6 aromatic heterocycles. The highest BCUT2D eigenvalue weighted by atomic mass is 79.9. The second-order valence-electron chi connectivity index (χ2n) is 27.6. The number of ether oxygens (including phenoxy) is 6. The van der Waals surface area contributed by atoms with Gasteiger partial charge in [0.05, 0.1) is 14.2 Å². The Labute approximate surface area is 610 Å². The Morgan fingerprint density at radius 3 is 1.13 bits per heavy atom. The van der Waals surface area contributed by atoms with Gasteiger partial charge in [0.1, 0.15) is 46.1 Å². The summed E-state index contributed by atoms with van der Waals surface area (Å²) in [4.78, 5) is 86.7. The van der Waals surface area contributed by atoms with E-state index in [4.69, 9.17) is 33.5 Å². The minimum absolute atomic E-state index is 0.0625. The van der Waals surface area contributed by atoms with Gasteiger partial charge in [0, 0.05) is 140 Å². The van der Waals surface area contributed by atoms with Crippen LogP contribution in [0.5, 0.6) is 11.8 Å². The van der Waals surface area contributed by atoms with Gasteiger partial charge in [0.15, 0.2) is 0 Å². The average Bonchev–Trinajstić information content (AvgIpc) is 1.02. The van der Waals surface area contributed by atoms with Crippen molar-refractivity contribution in [3.63, 3.8) is 0 Å². The molecule has 0 saturated heterocycles. The number of aromatic nitrogens is 7. The number of thioether (sulfide) groups is 1. The van der Waals surface area contributed by atoms with Crippen molar-refractivity contribution in [2.45, 2.75) is 145 Å². The second kappa shape index (κ2) is 45.8. The van der Waals surface area contributed by atoms with Crippen molar-refractivity contribution in [3.05, 3.63) is 109 Å². The van der Waals surface area contributed by atoms with Crippen LogP contribution in [0.2, 0.25) is 0 Å². The lowest BCUT2D eigenvalue weighted by Gasteiger charge is -2.21. The summed E-state index contributed by atoms with van der Waals surface area (Å²) in [7, 11) is 3.22. The Morgan fingerprint density at radius 1 is 0.465 bits per heavy atom. The van der Waals surface area contributed by atoms with Gasteiger partial charge in [-0.2, -0.15) is 0 Å². The largest absolute Gasteiger partial charge is 0.481 e. The van der Waals surface area contributed by atoms with E-state index in [1.165, 1.54) is 0 Å². The van der Waals surface area contributed by atoms with Gasteiger partial charge < -0.3 is 80.9 Å². The molecular weight excluding hydrogens is 1380 g/mol. The fourth-order valence-electron chi connectivity index (χ4n) is 7.56. The number of anilines is 4. The highest BCUT2D eigenvalue weighted by molar-refractivity contribution is 9.10. The average molecular weight is 1490 g/mol. The summed E-state index contributed by atoms with van der Waals surface area (Å²) in [5, 5.41) is 32.4. The highest BCUT2D eigenvalue weighted by Gasteiger charge is 2.20. The third-order valence-electron chi connectivity index (χ3n) is 12.7. The molecule has 0 radical (unpaired) electrons. The summed E-state index contributed by atoms with van der Waals surface area (Å²) in [5.74, 6) is 4.99. The summed E-state index contributed by atoms with van der Waals surface area (Å²) in [6, 6.07) is 19.4. The molecule has 5 atom stereocenters. The fraction of sp³-hybridized carbons (Fsp3) is 0.528. The zero-order valence-corrected chi connectivity index (χ0v) is 64.9. The number of halogens is 1. The Morgan fingerprint density at radius 2 is 0.812 bits per heavy atom. The third kappa shape index (κ3) is 42.1. The van der Waals surface area contributed by atoms with E-state index in [0.29, 0.717) is 56.4 Å². The standard InChI is InChI=1S/C20H24N6OS.C20H28N4O3.C14H22BrN3O2.C9H19NO3.C9H17NO3/c1-14(10-24-20-25-12-16(28-3)13-26-20)9-22-18-7-6-15(11-23-18)17-5-4-8-21-19(17)27-2;1-14(12-24-19(25)27-20(2,3)4)11-22-17-9-8-15(13-23-17)16-7-6-10-21-18(16)26-5;1-10(8-18-13(19)20-14(2,3)4)7-16-12-6-5-11(15)9-17-12;2*1-7(6-11)5-10-8(12)13-9(2,3)4/h4-8,11-14H,9-10H2,1-3H3,(H,22,23)(H,24,25,26);6-10,13-14H,11-12H2,1-5H3,(H,22,23)(H,24,25);5-6,9-10H,7-8H2,1-4H3,(H,16,17)(H,18,19);7,11H,5-6H2,1-4H3,(H,10,12);6-7H,5H2,1-4H3,(H,10,12). The molecule has 0 aliphatic heterocycles. The first kappa shape index (κ1) is 88.3. The number of carbonyl (C=O) groups is 5. The van der Waals surface area contributed by atoms with Crippen LogP contribution in [0, 0.1) is 29.6 Å². The molecule has 27 nitrogen and oxygen atoms in total. The zero-order valence-electron chi connectivity index (χ0n) is 62.5. The second-order valence-corrected chi connectivity index (χ2v) is 29.4. The van der Waals surface area contributed by atoms with E-state index in [-0.39, 0.29) is 36.4 Å². The summed E-state index contributed by atoms with van der Waals surface area (Å²) < 4.78 is 31.9. The Kier molecular flexibility index (Phi) is 40.1. The molecule has 0 aliphatic carbocycles. The van der Waals surface area contributed by atoms with Crippen LogP contribution in [-0.4, -0.2) is 172 Å². The summed E-state index contributed by atoms with van der Waals surface area (Å²) in [6.45, 7) is 36.5. The number of alkyl carbamates (subject to hydrolysis) is 4. The first-order chi connectivity index (χ1) is 47.4. The van der Waals surface area contributed by atoms with Gasteiger partial charge in [-0.1, -0.05) is 34.6 Å². The molecule has 101 heavy (non-hydrogen) atoms. The number of methoxy groups -OCH3 is 2. The highest BCUT2D eigenvalue weighted by Crippen LogP contribution is 2.29. The monoisotopic (exact) mass is 1490 g/mol. The van der Waals surface area contributed by atoms with E-state index in [1.54, 1.807) is 78.5 Å². The van der Waals surface area contributed by atoms with Gasteiger partial charge in [0.2, 0.25) is 17.7 Å². The number of hydrogen-bond donors (Lipinski definition) is 9.